The van der Waals surface area contributed by atoms with Crippen molar-refractivity contribution in [2.75, 3.05) is 26.4 Å². The fourth-order valence-corrected chi connectivity index (χ4v) is 2.47. The number of carbonyl (C=O) groups excluding carboxylic acids is 4. The molecule has 14 nitrogen and oxygen atoms in total. The number of esters is 2. The first-order valence-electron chi connectivity index (χ1n) is 9.75. The Labute approximate surface area is 196 Å². The first-order chi connectivity index (χ1) is 16.5. The second kappa shape index (κ2) is 12.0. The smallest absolute Gasteiger partial charge is 0.478 e. The molecule has 188 valence electrons. The number of carbonyl (C=O) groups is 6. The molecule has 0 bridgehead atoms. The van der Waals surface area contributed by atoms with Crippen LogP contribution in [0.1, 0.15) is 38.0 Å². The van der Waals surface area contributed by atoms with Gasteiger partial charge < -0.3 is 38.6 Å². The van der Waals surface area contributed by atoms with E-state index in [0.29, 0.717) is 0 Å². The second-order valence-electron chi connectivity index (χ2n) is 6.95. The van der Waals surface area contributed by atoms with E-state index in [1.165, 1.54) is 6.92 Å². The molecule has 1 heterocycles. The molecular weight excluding hydrogens is 476 g/mol. The molecule has 0 aromatic heterocycles. The van der Waals surface area contributed by atoms with Gasteiger partial charge in [-0.15, -0.1) is 0 Å². The number of carboxylic acids is 2. The van der Waals surface area contributed by atoms with Crippen LogP contribution in [-0.4, -0.2) is 85.0 Å². The molecule has 0 aliphatic carbocycles. The van der Waals surface area contributed by atoms with Gasteiger partial charge in [0, 0.05) is 5.57 Å². The number of rotatable bonds is 11. The lowest BCUT2D eigenvalue weighted by Crippen LogP contribution is -2.32. The average Bonchev–Trinajstić information content (AvgIpc) is 3.23. The van der Waals surface area contributed by atoms with Crippen molar-refractivity contribution < 1.29 is 67.4 Å². The molecule has 1 aromatic carbocycles. The van der Waals surface area contributed by atoms with Crippen molar-refractivity contribution >= 4 is 36.2 Å². The van der Waals surface area contributed by atoms with E-state index < -0.39 is 72.7 Å². The largest absolute Gasteiger partial charge is 0.508 e. The van der Waals surface area contributed by atoms with Crippen LogP contribution >= 0.6 is 0 Å². The van der Waals surface area contributed by atoms with Crippen LogP contribution < -0.4 is 0 Å². The quantitative estimate of drug-likeness (QED) is 0.253. The molecule has 0 amide bonds. The van der Waals surface area contributed by atoms with Gasteiger partial charge in [-0.1, -0.05) is 6.58 Å². The van der Waals surface area contributed by atoms with Gasteiger partial charge in [-0.3, -0.25) is 0 Å². The summed E-state index contributed by atoms with van der Waals surface area (Å²) < 4.78 is 28.8. The van der Waals surface area contributed by atoms with Crippen LogP contribution in [0.25, 0.3) is 0 Å². The van der Waals surface area contributed by atoms with Gasteiger partial charge >= 0.3 is 36.2 Å². The van der Waals surface area contributed by atoms with E-state index in [2.05, 4.69) is 16.1 Å². The zero-order valence-corrected chi connectivity index (χ0v) is 18.2. The molecule has 2 N–H and O–H groups in total. The lowest BCUT2D eigenvalue weighted by molar-refractivity contribution is -0.143. The summed E-state index contributed by atoms with van der Waals surface area (Å²) in [5, 5.41) is 18.3. The van der Waals surface area contributed by atoms with Crippen molar-refractivity contribution in [3.05, 3.63) is 47.0 Å². The van der Waals surface area contributed by atoms with Crippen molar-refractivity contribution in [1.29, 1.82) is 0 Å². The van der Waals surface area contributed by atoms with Crippen LogP contribution in [0.5, 0.6) is 0 Å². The highest BCUT2D eigenvalue weighted by molar-refractivity contribution is 6.04. The van der Waals surface area contributed by atoms with Gasteiger partial charge in [-0.25, -0.2) is 28.8 Å². The van der Waals surface area contributed by atoms with E-state index in [0.717, 1.165) is 18.2 Å². The van der Waals surface area contributed by atoms with Crippen LogP contribution in [0, 0.1) is 0 Å². The van der Waals surface area contributed by atoms with Gasteiger partial charge in [0.25, 0.3) is 0 Å². The van der Waals surface area contributed by atoms with Gasteiger partial charge in [0.15, 0.2) is 12.2 Å². The van der Waals surface area contributed by atoms with Gasteiger partial charge in [0.2, 0.25) is 0 Å². The molecule has 0 radical (unpaired) electrons. The second-order valence-corrected chi connectivity index (χ2v) is 6.95. The number of benzene rings is 1. The van der Waals surface area contributed by atoms with Crippen LogP contribution in [0.4, 0.5) is 9.59 Å². The maximum absolute atomic E-state index is 12.5. The van der Waals surface area contributed by atoms with E-state index in [1.54, 1.807) is 0 Å². The van der Waals surface area contributed by atoms with E-state index in [1.807, 2.05) is 0 Å². The summed E-state index contributed by atoms with van der Waals surface area (Å²) in [4.78, 5) is 69.3. The minimum Gasteiger partial charge on any atom is -0.478 e. The predicted octanol–water partition coefficient (Wildman–Crippen LogP) is 1.42. The molecule has 2 unspecified atom stereocenters. The maximum atomic E-state index is 12.5. The Balaban J connectivity index is 2.04. The van der Waals surface area contributed by atoms with Crippen molar-refractivity contribution in [1.82, 2.24) is 0 Å². The highest BCUT2D eigenvalue weighted by Crippen LogP contribution is 2.15. The normalized spacial score (nSPS) is 15.1. The Hall–Kier alpha value is -4.62. The SMILES string of the molecule is C=C(C)C(=O)OCC(COC(=O)OCC1COC(=O)O1)OC(=O)c1ccc(C(=O)O)c(C(=O)O)c1. The Morgan fingerprint density at radius 2 is 1.71 bits per heavy atom. The zero-order valence-electron chi connectivity index (χ0n) is 18.2. The van der Waals surface area contributed by atoms with Crippen LogP contribution in [0.2, 0.25) is 0 Å². The van der Waals surface area contributed by atoms with E-state index in [9.17, 15) is 33.9 Å². The number of ether oxygens (including phenoxy) is 6. The highest BCUT2D eigenvalue weighted by Gasteiger charge is 2.27. The summed E-state index contributed by atoms with van der Waals surface area (Å²) in [6.45, 7) is 3.06. The molecule has 1 fully saturated rings. The number of cyclic esters (lactones) is 2. The lowest BCUT2D eigenvalue weighted by Gasteiger charge is -2.18. The fourth-order valence-electron chi connectivity index (χ4n) is 2.47. The van der Waals surface area contributed by atoms with Crippen molar-refractivity contribution in [3.8, 4) is 0 Å². The van der Waals surface area contributed by atoms with Crippen LogP contribution in [0.15, 0.2) is 30.4 Å². The highest BCUT2D eigenvalue weighted by atomic mass is 16.8. The molecule has 2 atom stereocenters. The molecule has 35 heavy (non-hydrogen) atoms. The van der Waals surface area contributed by atoms with Gasteiger partial charge in [0.1, 0.15) is 26.4 Å². The van der Waals surface area contributed by atoms with Crippen LogP contribution in [0.3, 0.4) is 0 Å². The Morgan fingerprint density at radius 3 is 2.29 bits per heavy atom. The number of carboxylic acid groups (broad SMARTS) is 2. The summed E-state index contributed by atoms with van der Waals surface area (Å²) in [6.07, 6.45) is -4.32. The number of hydrogen-bond donors (Lipinski definition) is 2. The topological polar surface area (TPSA) is 198 Å². The maximum Gasteiger partial charge on any atom is 0.508 e. The minimum absolute atomic E-state index is 0.0408. The Kier molecular flexibility index (Phi) is 9.14. The minimum atomic E-state index is -1.59. The number of aromatic carboxylic acids is 2. The molecule has 2 rings (SSSR count). The van der Waals surface area contributed by atoms with E-state index >= 15 is 0 Å². The van der Waals surface area contributed by atoms with E-state index in [4.69, 9.17) is 24.1 Å². The van der Waals surface area contributed by atoms with Gasteiger partial charge in [-0.05, 0) is 25.1 Å². The number of hydrogen-bond acceptors (Lipinski definition) is 12. The van der Waals surface area contributed by atoms with Crippen molar-refractivity contribution in [2.24, 2.45) is 0 Å². The van der Waals surface area contributed by atoms with E-state index in [-0.39, 0.29) is 24.4 Å². The Morgan fingerprint density at radius 1 is 1.06 bits per heavy atom. The van der Waals surface area contributed by atoms with Crippen LogP contribution in [-0.2, 0) is 33.2 Å². The average molecular weight is 496 g/mol. The lowest BCUT2D eigenvalue weighted by atomic mass is 10.0. The monoisotopic (exact) mass is 496 g/mol. The van der Waals surface area contributed by atoms with Gasteiger partial charge in [-0.2, -0.15) is 0 Å². The molecule has 1 saturated heterocycles. The molecule has 1 aliphatic rings. The molecule has 0 spiro atoms. The predicted molar refractivity (Wildman–Crippen MR) is 109 cm³/mol. The molecule has 1 aliphatic heterocycles. The van der Waals surface area contributed by atoms with Crippen molar-refractivity contribution in [3.63, 3.8) is 0 Å². The fraction of sp³-hybridized carbons (Fsp3) is 0.333. The summed E-state index contributed by atoms with van der Waals surface area (Å²) in [5.74, 6) is -5.05. The zero-order chi connectivity index (χ0) is 26.1. The van der Waals surface area contributed by atoms with Gasteiger partial charge in [0.05, 0.1) is 16.7 Å². The third kappa shape index (κ3) is 8.03. The third-order valence-corrected chi connectivity index (χ3v) is 4.16. The first kappa shape index (κ1) is 26.6. The molecule has 14 heteroatoms. The molecular formula is C21H20O14. The molecule has 0 saturated carbocycles. The first-order valence-corrected chi connectivity index (χ1v) is 9.75. The summed E-state index contributed by atoms with van der Waals surface area (Å²) in [6, 6.07) is 2.73. The molecule has 1 aromatic rings. The summed E-state index contributed by atoms with van der Waals surface area (Å²) in [7, 11) is 0. The standard InChI is InChI=1S/C21H20O14/c1-10(2)18(26)30-6-12(7-31-20(28)32-8-13-9-33-21(29)35-13)34-19(27)11-3-4-14(16(22)23)15(5-11)17(24)25/h3-5,12-13H,1,6-9H2,2H3,(H,22,23)(H,24,25). The van der Waals surface area contributed by atoms with Crippen molar-refractivity contribution in [2.45, 2.75) is 19.1 Å². The Bertz CT molecular complexity index is 1040. The summed E-state index contributed by atoms with van der Waals surface area (Å²) in [5.41, 5.74) is -1.49. The summed E-state index contributed by atoms with van der Waals surface area (Å²) >= 11 is 0. The third-order valence-electron chi connectivity index (χ3n) is 4.16.